The third kappa shape index (κ3) is 3.84. The topological polar surface area (TPSA) is 60.7 Å². The Hall–Kier alpha value is -2.74. The molecule has 0 saturated heterocycles. The molecule has 0 radical (unpaired) electrons. The molecule has 1 unspecified atom stereocenters. The van der Waals surface area contributed by atoms with Crippen LogP contribution in [-0.4, -0.2) is 17.1 Å². The van der Waals surface area contributed by atoms with E-state index in [1.165, 1.54) is 17.4 Å². The molecule has 0 spiro atoms. The number of thiazole rings is 1. The predicted octanol–water partition coefficient (Wildman–Crippen LogP) is 3.68. The van der Waals surface area contributed by atoms with E-state index >= 15 is 0 Å². The van der Waals surface area contributed by atoms with Gasteiger partial charge in [-0.2, -0.15) is 0 Å². The lowest BCUT2D eigenvalue weighted by atomic mass is 9.96. The fourth-order valence-corrected chi connectivity index (χ4v) is 5.15. The molecule has 1 aromatic carbocycles. The average molecular weight is 457 g/mol. The Morgan fingerprint density at radius 1 is 1.33 bits per heavy atom. The number of hydrogen-bond donors (Lipinski definition) is 0. The molecule has 30 heavy (non-hydrogen) atoms. The Kier molecular flexibility index (Phi) is 5.85. The molecular weight excluding hydrogens is 440 g/mol. The number of carbonyl (C=O) groups excluding carboxylic acids is 1. The maximum atomic E-state index is 13.3. The van der Waals surface area contributed by atoms with Crippen LogP contribution in [0.3, 0.4) is 0 Å². The van der Waals surface area contributed by atoms with Crippen LogP contribution in [0.25, 0.3) is 6.08 Å². The van der Waals surface area contributed by atoms with Crippen molar-refractivity contribution >= 4 is 46.3 Å². The standard InChI is InChI=1S/C22H17ClN2O3S2/c1-3-10-28-21(27)18-13(2)24-22-25(19(18)14-6-8-15(23)9-7-14)20(26)17(30-22)12-16-5-4-11-29-16/h3-9,11-12,19H,1,10H2,2H3. The van der Waals surface area contributed by atoms with Gasteiger partial charge in [-0.05, 0) is 42.1 Å². The van der Waals surface area contributed by atoms with Gasteiger partial charge < -0.3 is 4.74 Å². The maximum Gasteiger partial charge on any atom is 0.338 e. The average Bonchev–Trinajstić information content (AvgIpc) is 3.34. The van der Waals surface area contributed by atoms with E-state index in [0.717, 1.165) is 10.4 Å². The van der Waals surface area contributed by atoms with Gasteiger partial charge in [-0.1, -0.05) is 53.8 Å². The molecule has 1 atom stereocenters. The van der Waals surface area contributed by atoms with Crippen molar-refractivity contribution in [3.05, 3.63) is 101 Å². The first-order valence-electron chi connectivity index (χ1n) is 9.09. The quantitative estimate of drug-likeness (QED) is 0.434. The highest BCUT2D eigenvalue weighted by atomic mass is 35.5. The van der Waals surface area contributed by atoms with E-state index in [9.17, 15) is 9.59 Å². The van der Waals surface area contributed by atoms with Crippen molar-refractivity contribution in [1.82, 2.24) is 4.57 Å². The highest BCUT2D eigenvalue weighted by molar-refractivity contribution is 7.11. The van der Waals surface area contributed by atoms with E-state index in [1.54, 1.807) is 35.0 Å². The summed E-state index contributed by atoms with van der Waals surface area (Å²) >= 11 is 8.91. The monoisotopic (exact) mass is 456 g/mol. The second-order valence-electron chi connectivity index (χ2n) is 6.54. The molecule has 3 aromatic rings. The lowest BCUT2D eigenvalue weighted by Crippen LogP contribution is -2.39. The first-order chi connectivity index (χ1) is 14.5. The summed E-state index contributed by atoms with van der Waals surface area (Å²) in [4.78, 5) is 32.3. The van der Waals surface area contributed by atoms with Crippen molar-refractivity contribution in [2.24, 2.45) is 4.99 Å². The molecule has 0 N–H and O–H groups in total. The van der Waals surface area contributed by atoms with E-state index < -0.39 is 12.0 Å². The SMILES string of the molecule is C=CCOC(=O)C1=C(C)N=c2sc(=Cc3cccs3)c(=O)n2C1c1ccc(Cl)cc1. The van der Waals surface area contributed by atoms with Crippen molar-refractivity contribution in [1.29, 1.82) is 0 Å². The highest BCUT2D eigenvalue weighted by Crippen LogP contribution is 2.31. The van der Waals surface area contributed by atoms with Crippen molar-refractivity contribution in [2.75, 3.05) is 6.61 Å². The summed E-state index contributed by atoms with van der Waals surface area (Å²) in [5.74, 6) is -0.524. The predicted molar refractivity (Wildman–Crippen MR) is 121 cm³/mol. The number of halogens is 1. The Bertz CT molecular complexity index is 1320. The van der Waals surface area contributed by atoms with Gasteiger partial charge >= 0.3 is 5.97 Å². The lowest BCUT2D eigenvalue weighted by Gasteiger charge is -2.24. The Morgan fingerprint density at radius 2 is 2.10 bits per heavy atom. The molecule has 0 amide bonds. The summed E-state index contributed by atoms with van der Waals surface area (Å²) in [7, 11) is 0. The molecule has 5 nitrogen and oxygen atoms in total. The first kappa shape index (κ1) is 20.5. The second-order valence-corrected chi connectivity index (χ2v) is 8.96. The number of nitrogens with zero attached hydrogens (tertiary/aromatic N) is 2. The van der Waals surface area contributed by atoms with Crippen LogP contribution in [0.5, 0.6) is 0 Å². The molecule has 0 aliphatic carbocycles. The van der Waals surface area contributed by atoms with Gasteiger partial charge in [0, 0.05) is 9.90 Å². The minimum Gasteiger partial charge on any atom is -0.458 e. The molecule has 1 aliphatic heterocycles. The zero-order valence-electron chi connectivity index (χ0n) is 16.0. The van der Waals surface area contributed by atoms with Crippen molar-refractivity contribution in [2.45, 2.75) is 13.0 Å². The lowest BCUT2D eigenvalue weighted by molar-refractivity contribution is -0.138. The number of ether oxygens (including phenoxy) is 1. The highest BCUT2D eigenvalue weighted by Gasteiger charge is 2.33. The third-order valence-corrected chi connectivity index (χ3v) is 6.63. The smallest absolute Gasteiger partial charge is 0.338 e. The summed E-state index contributed by atoms with van der Waals surface area (Å²) in [5.41, 5.74) is 1.40. The van der Waals surface area contributed by atoms with E-state index in [-0.39, 0.29) is 12.2 Å². The van der Waals surface area contributed by atoms with Crippen LogP contribution in [0, 0.1) is 0 Å². The van der Waals surface area contributed by atoms with Crippen molar-refractivity contribution < 1.29 is 9.53 Å². The number of aromatic nitrogens is 1. The molecule has 152 valence electrons. The summed E-state index contributed by atoms with van der Waals surface area (Å²) in [6.07, 6.45) is 3.35. The summed E-state index contributed by atoms with van der Waals surface area (Å²) in [5, 5.41) is 2.53. The van der Waals surface area contributed by atoms with Crippen LogP contribution >= 0.6 is 34.3 Å². The van der Waals surface area contributed by atoms with E-state index in [4.69, 9.17) is 16.3 Å². The Morgan fingerprint density at radius 3 is 2.77 bits per heavy atom. The van der Waals surface area contributed by atoms with Crippen LogP contribution in [-0.2, 0) is 9.53 Å². The first-order valence-corrected chi connectivity index (χ1v) is 11.2. The minimum absolute atomic E-state index is 0.0751. The van der Waals surface area contributed by atoms with Crippen molar-refractivity contribution in [3.63, 3.8) is 0 Å². The fourth-order valence-electron chi connectivity index (χ4n) is 3.26. The molecule has 1 aliphatic rings. The zero-order chi connectivity index (χ0) is 21.3. The molecule has 3 heterocycles. The number of allylic oxidation sites excluding steroid dienone is 1. The third-order valence-electron chi connectivity index (χ3n) is 4.58. The van der Waals surface area contributed by atoms with Gasteiger partial charge in [0.25, 0.3) is 5.56 Å². The number of hydrogen-bond acceptors (Lipinski definition) is 6. The summed E-state index contributed by atoms with van der Waals surface area (Å²) < 4.78 is 7.42. The van der Waals surface area contributed by atoms with Crippen LogP contribution in [0.1, 0.15) is 23.4 Å². The van der Waals surface area contributed by atoms with Gasteiger partial charge in [-0.15, -0.1) is 11.3 Å². The molecule has 0 saturated carbocycles. The molecule has 0 bridgehead atoms. The number of carbonyl (C=O) groups is 1. The number of rotatable bonds is 5. The van der Waals surface area contributed by atoms with Gasteiger partial charge in [0.15, 0.2) is 4.80 Å². The number of fused-ring (bicyclic) bond motifs is 1. The number of esters is 1. The van der Waals surface area contributed by atoms with Crippen LogP contribution in [0.2, 0.25) is 5.02 Å². The molecule has 4 rings (SSSR count). The fraction of sp³-hybridized carbons (Fsp3) is 0.136. The molecule has 8 heteroatoms. The Balaban J connectivity index is 1.94. The van der Waals surface area contributed by atoms with Gasteiger partial charge in [-0.25, -0.2) is 9.79 Å². The van der Waals surface area contributed by atoms with E-state index in [2.05, 4.69) is 11.6 Å². The van der Waals surface area contributed by atoms with Crippen LogP contribution < -0.4 is 14.9 Å². The molecule has 2 aromatic heterocycles. The van der Waals surface area contributed by atoms with Gasteiger partial charge in [0.2, 0.25) is 0 Å². The van der Waals surface area contributed by atoms with Gasteiger partial charge in [0.05, 0.1) is 21.8 Å². The largest absolute Gasteiger partial charge is 0.458 e. The second kappa shape index (κ2) is 8.55. The molecular formula is C22H17ClN2O3S2. The minimum atomic E-state index is -0.652. The van der Waals surface area contributed by atoms with E-state index in [1.807, 2.05) is 35.7 Å². The maximum absolute atomic E-state index is 13.3. The summed E-state index contributed by atoms with van der Waals surface area (Å²) in [6, 6.07) is 10.3. The van der Waals surface area contributed by atoms with E-state index in [0.29, 0.717) is 25.6 Å². The van der Waals surface area contributed by atoms with Gasteiger partial charge in [0.1, 0.15) is 6.61 Å². The normalized spacial score (nSPS) is 16.2. The number of thiophene rings is 1. The summed E-state index contributed by atoms with van der Waals surface area (Å²) in [6.45, 7) is 5.41. The van der Waals surface area contributed by atoms with Crippen molar-refractivity contribution in [3.8, 4) is 0 Å². The van der Waals surface area contributed by atoms with Crippen LogP contribution in [0.15, 0.2) is 75.5 Å². The molecule has 0 fully saturated rings. The van der Waals surface area contributed by atoms with Gasteiger partial charge in [-0.3, -0.25) is 9.36 Å². The Labute approximate surface area is 185 Å². The number of benzene rings is 1. The van der Waals surface area contributed by atoms with Crippen LogP contribution in [0.4, 0.5) is 0 Å². The zero-order valence-corrected chi connectivity index (χ0v) is 18.4.